The van der Waals surface area contributed by atoms with Crippen LogP contribution < -0.4 is 4.74 Å². The van der Waals surface area contributed by atoms with Crippen LogP contribution in [-0.4, -0.2) is 18.3 Å². The lowest BCUT2D eigenvalue weighted by Crippen LogP contribution is -2.07. The van der Waals surface area contributed by atoms with Crippen molar-refractivity contribution in [3.63, 3.8) is 0 Å². The predicted octanol–water partition coefficient (Wildman–Crippen LogP) is 3.27. The first-order valence-electron chi connectivity index (χ1n) is 6.86. The van der Waals surface area contributed by atoms with Gasteiger partial charge in [-0.05, 0) is 43.4 Å². The second-order valence-corrected chi connectivity index (χ2v) is 5.00. The summed E-state index contributed by atoms with van der Waals surface area (Å²) in [6, 6.07) is 4.54. The zero-order valence-electron chi connectivity index (χ0n) is 11.8. The fourth-order valence-electron chi connectivity index (χ4n) is 1.93. The van der Waals surface area contributed by atoms with Crippen LogP contribution in [0.5, 0.6) is 5.75 Å². The van der Waals surface area contributed by atoms with Crippen molar-refractivity contribution < 1.29 is 23.4 Å². The highest BCUT2D eigenvalue weighted by atomic mass is 19.3. The maximum atomic E-state index is 12.4. The average Bonchev–Trinajstić information content (AvgIpc) is 3.24. The molecule has 1 aliphatic rings. The number of rotatable bonds is 7. The minimum atomic E-state index is -2.89. The third kappa shape index (κ3) is 5.00. The lowest BCUT2D eigenvalue weighted by Gasteiger charge is -2.14. The van der Waals surface area contributed by atoms with Crippen LogP contribution in [0.3, 0.4) is 0 Å². The van der Waals surface area contributed by atoms with Crippen LogP contribution in [0.1, 0.15) is 37.0 Å². The number of halogens is 2. The van der Waals surface area contributed by atoms with E-state index in [0.717, 1.165) is 12.8 Å². The van der Waals surface area contributed by atoms with Crippen molar-refractivity contribution in [3.8, 4) is 17.6 Å². The summed E-state index contributed by atoms with van der Waals surface area (Å²) in [6.07, 6.45) is 1.37. The van der Waals surface area contributed by atoms with Crippen LogP contribution >= 0.6 is 0 Å². The molecule has 1 saturated carbocycles. The Morgan fingerprint density at radius 1 is 1.38 bits per heavy atom. The minimum absolute atomic E-state index is 0.0706. The number of ether oxygens (including phenoxy) is 2. The van der Waals surface area contributed by atoms with Crippen LogP contribution in [0.4, 0.5) is 8.78 Å². The highest BCUT2D eigenvalue weighted by molar-refractivity contribution is 5.39. The van der Waals surface area contributed by atoms with Gasteiger partial charge in [0, 0.05) is 12.2 Å². The number of alkyl halides is 2. The van der Waals surface area contributed by atoms with Crippen molar-refractivity contribution in [2.24, 2.45) is 5.92 Å². The van der Waals surface area contributed by atoms with Crippen LogP contribution in [0.2, 0.25) is 0 Å². The molecule has 0 amide bonds. The molecular formula is C16H18F2O3. The van der Waals surface area contributed by atoms with Gasteiger partial charge in [-0.2, -0.15) is 8.78 Å². The van der Waals surface area contributed by atoms with E-state index in [1.54, 1.807) is 13.0 Å². The van der Waals surface area contributed by atoms with Crippen LogP contribution in [-0.2, 0) is 11.3 Å². The Kier molecular flexibility index (Phi) is 5.54. The normalized spacial score (nSPS) is 15.5. The first kappa shape index (κ1) is 15.7. The highest BCUT2D eigenvalue weighted by Gasteiger charge is 2.21. The number of benzene rings is 1. The molecule has 0 spiro atoms. The molecule has 21 heavy (non-hydrogen) atoms. The predicted molar refractivity (Wildman–Crippen MR) is 73.9 cm³/mol. The molecule has 1 fully saturated rings. The molecule has 1 atom stereocenters. The molecule has 0 heterocycles. The smallest absolute Gasteiger partial charge is 0.387 e. The summed E-state index contributed by atoms with van der Waals surface area (Å²) in [5.74, 6) is 5.88. The van der Waals surface area contributed by atoms with Crippen LogP contribution in [0.25, 0.3) is 0 Å². The molecule has 5 heteroatoms. The lowest BCUT2D eigenvalue weighted by molar-refractivity contribution is -0.0514. The van der Waals surface area contributed by atoms with E-state index in [-0.39, 0.29) is 12.4 Å². The Bertz CT molecular complexity index is 530. The van der Waals surface area contributed by atoms with Gasteiger partial charge in [0.1, 0.15) is 11.9 Å². The van der Waals surface area contributed by atoms with E-state index in [1.165, 1.54) is 12.1 Å². The van der Waals surface area contributed by atoms with E-state index >= 15 is 0 Å². The van der Waals surface area contributed by atoms with E-state index in [2.05, 4.69) is 16.6 Å². The van der Waals surface area contributed by atoms with Crippen molar-refractivity contribution in [1.29, 1.82) is 0 Å². The van der Waals surface area contributed by atoms with Gasteiger partial charge in [0.05, 0.1) is 6.61 Å². The third-order valence-electron chi connectivity index (χ3n) is 3.21. The average molecular weight is 296 g/mol. The zero-order valence-corrected chi connectivity index (χ0v) is 11.8. The summed E-state index contributed by atoms with van der Waals surface area (Å²) in [6.45, 7) is -0.468. The third-order valence-corrected chi connectivity index (χ3v) is 3.21. The summed E-state index contributed by atoms with van der Waals surface area (Å²) in [7, 11) is 0. The van der Waals surface area contributed by atoms with Gasteiger partial charge < -0.3 is 14.6 Å². The van der Waals surface area contributed by atoms with Crippen LogP contribution in [0.15, 0.2) is 18.2 Å². The Balaban J connectivity index is 2.12. The molecule has 2 rings (SSSR count). The SMILES string of the molecule is CC#CC(O)c1ccc(OC(F)F)c(COCC2CC2)c1. The quantitative estimate of drug-likeness (QED) is 0.785. The zero-order chi connectivity index (χ0) is 15.2. The fourth-order valence-corrected chi connectivity index (χ4v) is 1.93. The summed E-state index contributed by atoms with van der Waals surface area (Å²) in [5, 5.41) is 9.84. The number of aliphatic hydroxyl groups is 1. The van der Waals surface area contributed by atoms with Crippen molar-refractivity contribution in [1.82, 2.24) is 0 Å². The Labute approximate surface area is 122 Å². The van der Waals surface area contributed by atoms with Crippen molar-refractivity contribution in [2.75, 3.05) is 6.61 Å². The summed E-state index contributed by atoms with van der Waals surface area (Å²) in [4.78, 5) is 0. The summed E-state index contributed by atoms with van der Waals surface area (Å²) >= 11 is 0. The van der Waals surface area contributed by atoms with Crippen molar-refractivity contribution in [2.45, 2.75) is 39.1 Å². The molecule has 1 unspecified atom stereocenters. The standard InChI is InChI=1S/C16H18F2O3/c1-2-3-14(19)12-6-7-15(21-16(17)18)13(8-12)10-20-9-11-4-5-11/h6-8,11,14,16,19H,4-5,9-10H2,1H3. The van der Waals surface area contributed by atoms with Gasteiger partial charge in [0.2, 0.25) is 0 Å². The van der Waals surface area contributed by atoms with Gasteiger partial charge in [-0.15, -0.1) is 5.92 Å². The Morgan fingerprint density at radius 3 is 2.76 bits per heavy atom. The highest BCUT2D eigenvalue weighted by Crippen LogP contribution is 2.30. The largest absolute Gasteiger partial charge is 0.434 e. The van der Waals surface area contributed by atoms with Gasteiger partial charge in [0.15, 0.2) is 0 Å². The molecule has 1 aromatic rings. The maximum absolute atomic E-state index is 12.4. The van der Waals surface area contributed by atoms with Crippen molar-refractivity contribution in [3.05, 3.63) is 29.3 Å². The number of aliphatic hydroxyl groups excluding tert-OH is 1. The number of hydrogen-bond acceptors (Lipinski definition) is 3. The summed E-state index contributed by atoms with van der Waals surface area (Å²) in [5.41, 5.74) is 1.03. The number of hydrogen-bond donors (Lipinski definition) is 1. The van der Waals surface area contributed by atoms with Gasteiger partial charge in [0.25, 0.3) is 0 Å². The molecule has 1 aromatic carbocycles. The van der Waals surface area contributed by atoms with Crippen LogP contribution in [0, 0.1) is 17.8 Å². The lowest BCUT2D eigenvalue weighted by atomic mass is 10.1. The van der Waals surface area contributed by atoms with Gasteiger partial charge in [-0.1, -0.05) is 12.0 Å². The fraction of sp³-hybridized carbons (Fsp3) is 0.500. The first-order chi connectivity index (χ1) is 10.1. The van der Waals surface area contributed by atoms with E-state index < -0.39 is 12.7 Å². The minimum Gasteiger partial charge on any atom is -0.434 e. The molecule has 0 saturated heterocycles. The van der Waals surface area contributed by atoms with E-state index in [9.17, 15) is 13.9 Å². The molecule has 0 aliphatic heterocycles. The molecular weight excluding hydrogens is 278 g/mol. The van der Waals surface area contributed by atoms with Gasteiger partial charge in [-0.25, -0.2) is 0 Å². The maximum Gasteiger partial charge on any atom is 0.387 e. The van der Waals surface area contributed by atoms with E-state index in [0.29, 0.717) is 23.7 Å². The van der Waals surface area contributed by atoms with E-state index in [4.69, 9.17) is 4.74 Å². The van der Waals surface area contributed by atoms with Gasteiger partial charge >= 0.3 is 6.61 Å². The second-order valence-electron chi connectivity index (χ2n) is 5.00. The molecule has 114 valence electrons. The Hall–Kier alpha value is -1.64. The molecule has 1 N–H and O–H groups in total. The Morgan fingerprint density at radius 2 is 2.14 bits per heavy atom. The first-order valence-corrected chi connectivity index (χ1v) is 6.86. The topological polar surface area (TPSA) is 38.7 Å². The van der Waals surface area contributed by atoms with E-state index in [1.807, 2.05) is 0 Å². The molecule has 3 nitrogen and oxygen atoms in total. The van der Waals surface area contributed by atoms with Crippen molar-refractivity contribution >= 4 is 0 Å². The summed E-state index contributed by atoms with van der Waals surface area (Å²) < 4.78 is 34.8. The molecule has 1 aliphatic carbocycles. The monoisotopic (exact) mass is 296 g/mol. The second kappa shape index (κ2) is 7.39. The van der Waals surface area contributed by atoms with Gasteiger partial charge in [-0.3, -0.25) is 0 Å². The molecule has 0 bridgehead atoms. The molecule has 0 aromatic heterocycles. The molecule has 0 radical (unpaired) electrons.